The molecule has 1 aromatic carbocycles. The summed E-state index contributed by atoms with van der Waals surface area (Å²) in [7, 11) is 0. The van der Waals surface area contributed by atoms with Crippen molar-refractivity contribution in [3.05, 3.63) is 53.7 Å². The molecular weight excluding hydrogens is 310 g/mol. The van der Waals surface area contributed by atoms with Crippen LogP contribution in [0, 0.1) is 0 Å². The molecule has 1 aromatic heterocycles. The monoisotopic (exact) mass is 329 g/mol. The average Bonchev–Trinajstić information content (AvgIpc) is 2.54. The molecule has 4 N–H and O–H groups in total. The average molecular weight is 329 g/mol. The first-order valence-corrected chi connectivity index (χ1v) is 7.29. The second-order valence-corrected chi connectivity index (χ2v) is 5.92. The van der Waals surface area contributed by atoms with Crippen molar-refractivity contribution in [2.45, 2.75) is 19.3 Å². The summed E-state index contributed by atoms with van der Waals surface area (Å²) < 4.78 is 5.61. The summed E-state index contributed by atoms with van der Waals surface area (Å²) in [6.45, 7) is 4.20. The number of nitrogens with two attached hydrogens (primary N) is 1. The van der Waals surface area contributed by atoms with Crippen molar-refractivity contribution in [2.75, 3.05) is 6.54 Å². The second-order valence-electron chi connectivity index (χ2n) is 5.92. The van der Waals surface area contributed by atoms with Gasteiger partial charge in [0.15, 0.2) is 0 Å². The van der Waals surface area contributed by atoms with Crippen LogP contribution in [0.15, 0.2) is 42.6 Å². The van der Waals surface area contributed by atoms with Gasteiger partial charge in [0.1, 0.15) is 5.75 Å². The fraction of sp³-hybridized carbons (Fsp3) is 0.235. The molecule has 0 bridgehead atoms. The number of hydrogen-bond donors (Lipinski definition) is 3. The van der Waals surface area contributed by atoms with Crippen molar-refractivity contribution < 1.29 is 19.4 Å². The Morgan fingerprint density at radius 2 is 1.88 bits per heavy atom. The van der Waals surface area contributed by atoms with E-state index in [0.29, 0.717) is 23.7 Å². The van der Waals surface area contributed by atoms with Crippen LogP contribution in [-0.4, -0.2) is 28.6 Å². The van der Waals surface area contributed by atoms with Gasteiger partial charge in [-0.3, -0.25) is 4.79 Å². The number of carboxylic acid groups (broad SMARTS) is 1. The number of carbonyl (C=O) groups excluding carboxylic acids is 1. The van der Waals surface area contributed by atoms with Gasteiger partial charge < -0.3 is 20.9 Å². The van der Waals surface area contributed by atoms with Gasteiger partial charge in [0.05, 0.1) is 5.56 Å². The van der Waals surface area contributed by atoms with Crippen LogP contribution >= 0.6 is 0 Å². The summed E-state index contributed by atoms with van der Waals surface area (Å²) in [6.07, 6.45) is 0.306. The molecule has 0 aliphatic carbocycles. The number of nitrogens with one attached hydrogen (secondary N) is 1. The van der Waals surface area contributed by atoms with E-state index in [-0.39, 0.29) is 5.41 Å². The molecule has 0 unspecified atom stereocenters. The minimum absolute atomic E-state index is 0.304. The molecule has 0 atom stereocenters. The predicted octanol–water partition coefficient (Wildman–Crippen LogP) is 2.52. The maximum absolute atomic E-state index is 11.0. The molecule has 0 radical (unpaired) electrons. The summed E-state index contributed by atoms with van der Waals surface area (Å²) in [5, 5.41) is 11.1. The number of benzene rings is 1. The highest BCUT2D eigenvalue weighted by Crippen LogP contribution is 2.26. The molecule has 7 nitrogen and oxygen atoms in total. The maximum atomic E-state index is 11.0. The standard InChI is InChI=1S/C17H19N3O4/c1-17(2,10-20-16(22)23)12-4-6-13(7-5-12)24-14-8-3-11(9-19-14)15(18)21/h3-9,20H,10H2,1-2H3,(H2,18,21)(H,22,23). The molecule has 0 aliphatic rings. The molecule has 0 saturated heterocycles. The van der Waals surface area contributed by atoms with Crippen molar-refractivity contribution in [1.29, 1.82) is 0 Å². The maximum Gasteiger partial charge on any atom is 0.404 e. The number of nitrogens with zero attached hydrogens (tertiary/aromatic N) is 1. The number of aromatic nitrogens is 1. The Hall–Kier alpha value is -3.09. The van der Waals surface area contributed by atoms with E-state index >= 15 is 0 Å². The Morgan fingerprint density at radius 3 is 2.38 bits per heavy atom. The Balaban J connectivity index is 2.06. The van der Waals surface area contributed by atoms with Crippen LogP contribution in [-0.2, 0) is 5.41 Å². The van der Waals surface area contributed by atoms with Gasteiger partial charge in [0, 0.05) is 24.2 Å². The highest BCUT2D eigenvalue weighted by atomic mass is 16.5. The molecule has 0 fully saturated rings. The third-order valence-corrected chi connectivity index (χ3v) is 3.56. The smallest absolute Gasteiger partial charge is 0.404 e. The molecule has 24 heavy (non-hydrogen) atoms. The number of ether oxygens (including phenoxy) is 1. The largest absolute Gasteiger partial charge is 0.465 e. The van der Waals surface area contributed by atoms with Crippen molar-refractivity contribution >= 4 is 12.0 Å². The minimum Gasteiger partial charge on any atom is -0.465 e. The topological polar surface area (TPSA) is 115 Å². The van der Waals surface area contributed by atoms with Crippen LogP contribution in [0.4, 0.5) is 4.79 Å². The molecule has 126 valence electrons. The van der Waals surface area contributed by atoms with Crippen molar-refractivity contribution in [3.63, 3.8) is 0 Å². The van der Waals surface area contributed by atoms with Crippen LogP contribution in [0.3, 0.4) is 0 Å². The lowest BCUT2D eigenvalue weighted by Crippen LogP contribution is -2.35. The number of primary amides is 1. The van der Waals surface area contributed by atoms with Crippen LogP contribution in [0.1, 0.15) is 29.8 Å². The summed E-state index contributed by atoms with van der Waals surface area (Å²) in [6, 6.07) is 10.4. The predicted molar refractivity (Wildman–Crippen MR) is 88.3 cm³/mol. The van der Waals surface area contributed by atoms with E-state index < -0.39 is 12.0 Å². The van der Waals surface area contributed by atoms with E-state index in [1.54, 1.807) is 24.3 Å². The van der Waals surface area contributed by atoms with Gasteiger partial charge in [-0.25, -0.2) is 9.78 Å². The highest BCUT2D eigenvalue weighted by Gasteiger charge is 2.21. The van der Waals surface area contributed by atoms with Gasteiger partial charge in [-0.1, -0.05) is 26.0 Å². The number of amides is 2. The van der Waals surface area contributed by atoms with E-state index in [1.165, 1.54) is 6.20 Å². The zero-order valence-electron chi connectivity index (χ0n) is 13.4. The zero-order valence-corrected chi connectivity index (χ0v) is 13.4. The van der Waals surface area contributed by atoms with Crippen LogP contribution in [0.2, 0.25) is 0 Å². The Morgan fingerprint density at radius 1 is 1.21 bits per heavy atom. The SMILES string of the molecule is CC(C)(CNC(=O)O)c1ccc(Oc2ccc(C(N)=O)cn2)cc1. The zero-order chi connectivity index (χ0) is 17.7. The Labute approximate surface area is 139 Å². The summed E-state index contributed by atoms with van der Waals surface area (Å²) in [4.78, 5) is 25.6. The normalized spacial score (nSPS) is 10.9. The van der Waals surface area contributed by atoms with Crippen molar-refractivity contribution in [2.24, 2.45) is 5.73 Å². The Bertz CT molecular complexity index is 725. The fourth-order valence-corrected chi connectivity index (χ4v) is 2.08. The first-order valence-electron chi connectivity index (χ1n) is 7.29. The molecule has 0 spiro atoms. The van der Waals surface area contributed by atoms with Gasteiger partial charge >= 0.3 is 6.09 Å². The first-order chi connectivity index (χ1) is 11.3. The lowest BCUT2D eigenvalue weighted by Gasteiger charge is -2.25. The highest BCUT2D eigenvalue weighted by molar-refractivity contribution is 5.92. The molecule has 7 heteroatoms. The van der Waals surface area contributed by atoms with Gasteiger partial charge in [-0.15, -0.1) is 0 Å². The molecule has 2 aromatic rings. The second kappa shape index (κ2) is 6.99. The third-order valence-electron chi connectivity index (χ3n) is 3.56. The number of pyridine rings is 1. The molecule has 2 rings (SSSR count). The molecular formula is C17H19N3O4. The Kier molecular flexibility index (Phi) is 5.03. The molecule has 0 aliphatic heterocycles. The lowest BCUT2D eigenvalue weighted by atomic mass is 9.84. The number of hydrogen-bond acceptors (Lipinski definition) is 4. The van der Waals surface area contributed by atoms with Gasteiger partial charge in [0.2, 0.25) is 11.8 Å². The van der Waals surface area contributed by atoms with E-state index in [9.17, 15) is 9.59 Å². The fourth-order valence-electron chi connectivity index (χ4n) is 2.08. The number of rotatable bonds is 6. The number of carbonyl (C=O) groups is 2. The molecule has 0 saturated carbocycles. The quantitative estimate of drug-likeness (QED) is 0.753. The van der Waals surface area contributed by atoms with Crippen LogP contribution < -0.4 is 15.8 Å². The van der Waals surface area contributed by atoms with Gasteiger partial charge in [0.25, 0.3) is 0 Å². The van der Waals surface area contributed by atoms with Crippen molar-refractivity contribution in [1.82, 2.24) is 10.3 Å². The van der Waals surface area contributed by atoms with Crippen LogP contribution in [0.5, 0.6) is 11.6 Å². The summed E-state index contributed by atoms with van der Waals surface area (Å²) >= 11 is 0. The van der Waals surface area contributed by atoms with Crippen molar-refractivity contribution in [3.8, 4) is 11.6 Å². The van der Waals surface area contributed by atoms with Gasteiger partial charge in [-0.2, -0.15) is 0 Å². The lowest BCUT2D eigenvalue weighted by molar-refractivity contribution is 0.1000. The third kappa shape index (κ3) is 4.45. The molecule has 2 amide bonds. The van der Waals surface area contributed by atoms with E-state index in [2.05, 4.69) is 10.3 Å². The minimum atomic E-state index is -1.05. The van der Waals surface area contributed by atoms with E-state index in [1.807, 2.05) is 26.0 Å². The summed E-state index contributed by atoms with van der Waals surface area (Å²) in [5.41, 5.74) is 6.09. The molecule has 1 heterocycles. The van der Waals surface area contributed by atoms with Crippen LogP contribution in [0.25, 0.3) is 0 Å². The summed E-state index contributed by atoms with van der Waals surface area (Å²) in [5.74, 6) is 0.384. The first kappa shape index (κ1) is 17.3. The van der Waals surface area contributed by atoms with Gasteiger partial charge in [-0.05, 0) is 23.8 Å². The van der Waals surface area contributed by atoms with E-state index in [4.69, 9.17) is 15.6 Å². The van der Waals surface area contributed by atoms with E-state index in [0.717, 1.165) is 5.56 Å².